The molecule has 0 spiro atoms. The van der Waals surface area contributed by atoms with Crippen LogP contribution in [-0.2, 0) is 0 Å². The molecule has 8 heteroatoms. The van der Waals surface area contributed by atoms with Gasteiger partial charge >= 0.3 is 0 Å². The summed E-state index contributed by atoms with van der Waals surface area (Å²) in [5.74, 6) is 2.73. The van der Waals surface area contributed by atoms with Gasteiger partial charge in [-0.1, -0.05) is 30.3 Å². The minimum absolute atomic E-state index is 0.214. The fourth-order valence-corrected chi connectivity index (χ4v) is 3.91. The number of aromatic nitrogens is 5. The van der Waals surface area contributed by atoms with Crippen molar-refractivity contribution in [2.75, 3.05) is 5.32 Å². The lowest BCUT2D eigenvalue weighted by Crippen LogP contribution is -2.11. The third kappa shape index (κ3) is 4.33. The minimum atomic E-state index is -0.214. The Morgan fingerprint density at radius 3 is 2.54 bits per heavy atom. The van der Waals surface area contributed by atoms with Crippen molar-refractivity contribution < 1.29 is 9.21 Å². The lowest BCUT2D eigenvalue weighted by atomic mass is 10.1. The van der Waals surface area contributed by atoms with Crippen LogP contribution in [0.2, 0.25) is 0 Å². The number of rotatable bonds is 6. The molecule has 1 aliphatic rings. The summed E-state index contributed by atoms with van der Waals surface area (Å²) in [7, 11) is 0. The summed E-state index contributed by atoms with van der Waals surface area (Å²) in [5, 5.41) is 18.6. The van der Waals surface area contributed by atoms with Crippen molar-refractivity contribution in [3.8, 4) is 34.3 Å². The maximum Gasteiger partial charge on any atom is 0.255 e. The summed E-state index contributed by atoms with van der Waals surface area (Å²) in [6, 6.07) is 22.5. The molecule has 2 heterocycles. The van der Waals surface area contributed by atoms with E-state index < -0.39 is 0 Å². The first-order chi connectivity index (χ1) is 17.1. The molecule has 1 saturated carbocycles. The average molecular weight is 463 g/mol. The first-order valence-corrected chi connectivity index (χ1v) is 11.5. The van der Waals surface area contributed by atoms with Crippen LogP contribution in [0, 0.1) is 6.92 Å². The predicted molar refractivity (Wildman–Crippen MR) is 132 cm³/mol. The molecule has 0 unspecified atom stereocenters. The highest BCUT2D eigenvalue weighted by Crippen LogP contribution is 2.38. The molecule has 35 heavy (non-hydrogen) atoms. The Bertz CT molecular complexity index is 1510. The smallest absolute Gasteiger partial charge is 0.255 e. The summed E-state index contributed by atoms with van der Waals surface area (Å²) in [6.07, 6.45) is 2.31. The highest BCUT2D eigenvalue weighted by atomic mass is 16.4. The predicted octanol–water partition coefficient (Wildman–Crippen LogP) is 5.63. The highest BCUT2D eigenvalue weighted by molar-refractivity contribution is 6.04. The SMILES string of the molecule is Cc1ccccc1-c1nnc(-c2ccc(C(=O)Nc3cccc(-c4n[nH]c(C5CC5)n4)c3)cc2)o1. The van der Waals surface area contributed by atoms with Gasteiger partial charge in [-0.2, -0.15) is 5.10 Å². The molecule has 3 aromatic carbocycles. The van der Waals surface area contributed by atoms with E-state index >= 15 is 0 Å². The molecule has 1 fully saturated rings. The minimum Gasteiger partial charge on any atom is -0.416 e. The van der Waals surface area contributed by atoms with Gasteiger partial charge in [-0.05, 0) is 67.8 Å². The molecule has 2 N–H and O–H groups in total. The zero-order valence-electron chi connectivity index (χ0n) is 19.0. The second-order valence-electron chi connectivity index (χ2n) is 8.66. The van der Waals surface area contributed by atoms with Crippen molar-refractivity contribution in [3.63, 3.8) is 0 Å². The number of carbonyl (C=O) groups excluding carboxylic acids is 1. The van der Waals surface area contributed by atoms with Crippen molar-refractivity contribution in [3.05, 3.63) is 89.7 Å². The summed E-state index contributed by atoms with van der Waals surface area (Å²) < 4.78 is 5.87. The summed E-state index contributed by atoms with van der Waals surface area (Å²) in [6.45, 7) is 2.00. The molecule has 0 radical (unpaired) electrons. The number of anilines is 1. The summed E-state index contributed by atoms with van der Waals surface area (Å²) in [4.78, 5) is 17.4. The second kappa shape index (κ2) is 8.64. The van der Waals surface area contributed by atoms with E-state index in [0.29, 0.717) is 34.8 Å². The maximum atomic E-state index is 12.8. The van der Waals surface area contributed by atoms with Gasteiger partial charge in [-0.3, -0.25) is 9.89 Å². The fraction of sp³-hybridized carbons (Fsp3) is 0.148. The Morgan fingerprint density at radius 1 is 0.943 bits per heavy atom. The lowest BCUT2D eigenvalue weighted by molar-refractivity contribution is 0.102. The monoisotopic (exact) mass is 462 g/mol. The van der Waals surface area contributed by atoms with Crippen LogP contribution in [0.3, 0.4) is 0 Å². The second-order valence-corrected chi connectivity index (χ2v) is 8.66. The van der Waals surface area contributed by atoms with Crippen LogP contribution >= 0.6 is 0 Å². The zero-order chi connectivity index (χ0) is 23.8. The molecule has 0 atom stereocenters. The third-order valence-electron chi connectivity index (χ3n) is 6.04. The molecule has 172 valence electrons. The molecule has 0 aliphatic heterocycles. The number of carbonyl (C=O) groups is 1. The van der Waals surface area contributed by atoms with Crippen LogP contribution in [0.1, 0.15) is 40.5 Å². The number of H-pyrrole nitrogens is 1. The molecule has 1 amide bonds. The quantitative estimate of drug-likeness (QED) is 0.339. The van der Waals surface area contributed by atoms with Crippen molar-refractivity contribution in [1.82, 2.24) is 25.4 Å². The van der Waals surface area contributed by atoms with E-state index in [1.807, 2.05) is 55.5 Å². The molecule has 1 aliphatic carbocycles. The van der Waals surface area contributed by atoms with Gasteiger partial charge in [0.1, 0.15) is 5.82 Å². The molecular formula is C27H22N6O2. The van der Waals surface area contributed by atoms with Gasteiger partial charge in [0.15, 0.2) is 5.82 Å². The van der Waals surface area contributed by atoms with Crippen molar-refractivity contribution in [2.45, 2.75) is 25.7 Å². The van der Waals surface area contributed by atoms with Gasteiger partial charge in [0, 0.05) is 33.9 Å². The number of aryl methyl sites for hydroxylation is 1. The Morgan fingerprint density at radius 2 is 1.74 bits per heavy atom. The van der Waals surface area contributed by atoms with E-state index in [0.717, 1.165) is 40.9 Å². The molecule has 0 saturated heterocycles. The normalized spacial score (nSPS) is 13.1. The summed E-state index contributed by atoms with van der Waals surface area (Å²) in [5.41, 5.74) is 4.75. The van der Waals surface area contributed by atoms with Crippen molar-refractivity contribution >= 4 is 11.6 Å². The summed E-state index contributed by atoms with van der Waals surface area (Å²) >= 11 is 0. The van der Waals surface area contributed by atoms with Gasteiger partial charge in [0.05, 0.1) is 0 Å². The van der Waals surface area contributed by atoms with Crippen molar-refractivity contribution in [1.29, 1.82) is 0 Å². The van der Waals surface area contributed by atoms with Gasteiger partial charge < -0.3 is 9.73 Å². The van der Waals surface area contributed by atoms with Gasteiger partial charge in [0.25, 0.3) is 5.91 Å². The average Bonchev–Trinajstić information content (AvgIpc) is 3.41. The van der Waals surface area contributed by atoms with Gasteiger partial charge in [-0.25, -0.2) is 4.98 Å². The first kappa shape index (κ1) is 21.0. The van der Waals surface area contributed by atoms with E-state index in [1.165, 1.54) is 0 Å². The molecule has 6 rings (SSSR count). The molecule has 8 nitrogen and oxygen atoms in total. The van der Waals surface area contributed by atoms with Crippen LogP contribution in [-0.4, -0.2) is 31.3 Å². The number of benzene rings is 3. The van der Waals surface area contributed by atoms with Crippen LogP contribution in [0.4, 0.5) is 5.69 Å². The lowest BCUT2D eigenvalue weighted by Gasteiger charge is -2.07. The van der Waals surface area contributed by atoms with Crippen LogP contribution in [0.15, 0.2) is 77.2 Å². The standard InChI is InChI=1S/C27H22N6O2/c1-16-5-2-3-8-22(16)27-33-32-26(35-27)19-13-11-18(12-14-19)25(34)28-21-7-4-6-20(15-21)24-29-23(30-31-24)17-9-10-17/h2-8,11-15,17H,9-10H2,1H3,(H,28,34)(H,29,30,31). The Hall–Kier alpha value is -4.59. The number of hydrogen-bond acceptors (Lipinski definition) is 6. The van der Waals surface area contributed by atoms with E-state index in [2.05, 4.69) is 30.7 Å². The van der Waals surface area contributed by atoms with Gasteiger partial charge in [0.2, 0.25) is 11.8 Å². The molecule has 2 aromatic heterocycles. The topological polar surface area (TPSA) is 110 Å². The maximum absolute atomic E-state index is 12.8. The molecular weight excluding hydrogens is 440 g/mol. The number of amides is 1. The van der Waals surface area contributed by atoms with E-state index in [1.54, 1.807) is 24.3 Å². The van der Waals surface area contributed by atoms with E-state index in [-0.39, 0.29) is 5.91 Å². The zero-order valence-corrected chi connectivity index (χ0v) is 19.0. The van der Waals surface area contributed by atoms with Gasteiger partial charge in [-0.15, -0.1) is 10.2 Å². The van der Waals surface area contributed by atoms with Crippen LogP contribution in [0.25, 0.3) is 34.3 Å². The number of nitrogens with zero attached hydrogens (tertiary/aromatic N) is 4. The first-order valence-electron chi connectivity index (χ1n) is 11.5. The Kier molecular flexibility index (Phi) is 5.18. The van der Waals surface area contributed by atoms with Crippen LogP contribution in [0.5, 0.6) is 0 Å². The number of aromatic amines is 1. The fourth-order valence-electron chi connectivity index (χ4n) is 3.91. The molecule has 5 aromatic rings. The highest BCUT2D eigenvalue weighted by Gasteiger charge is 2.27. The Labute approximate surface area is 201 Å². The van der Waals surface area contributed by atoms with E-state index in [4.69, 9.17) is 4.42 Å². The molecule has 0 bridgehead atoms. The van der Waals surface area contributed by atoms with Crippen LogP contribution < -0.4 is 5.32 Å². The Balaban J connectivity index is 1.16. The van der Waals surface area contributed by atoms with E-state index in [9.17, 15) is 4.79 Å². The third-order valence-corrected chi connectivity index (χ3v) is 6.04. The number of nitrogens with one attached hydrogen (secondary N) is 2. The van der Waals surface area contributed by atoms with Crippen molar-refractivity contribution in [2.24, 2.45) is 0 Å². The largest absolute Gasteiger partial charge is 0.416 e. The number of hydrogen-bond donors (Lipinski definition) is 2.